The van der Waals surface area contributed by atoms with Crippen LogP contribution in [0.4, 0.5) is 11.4 Å². The number of aliphatic hydroxyl groups excluding tert-OH is 1. The number of carbonyl (C=O) groups is 3. The number of rotatable bonds is 11. The van der Waals surface area contributed by atoms with Crippen molar-refractivity contribution >= 4 is 29.2 Å². The third kappa shape index (κ3) is 4.32. The zero-order chi connectivity index (χ0) is 30.4. The number of likely N-dealkylation sites (tertiary alicyclic amines) is 1. The van der Waals surface area contributed by atoms with Crippen LogP contribution in [0, 0.1) is 17.8 Å². The Bertz CT molecular complexity index is 1350. The molecule has 5 rings (SSSR count). The number of carbonyl (C=O) groups excluding carboxylic acids is 2. The Morgan fingerprint density at radius 2 is 1.74 bits per heavy atom. The van der Waals surface area contributed by atoms with Gasteiger partial charge >= 0.3 is 5.97 Å². The summed E-state index contributed by atoms with van der Waals surface area (Å²) in [5, 5.41) is 21.0. The SMILES string of the molecule is C=CCN(C(=O)C1N([C@H](CO)c2ccccc2)C(=O)[C@@H]2[C@H](C(=O)O)[C@@]3(C)OC12CC3C)c1ccc(N(CC)CC)cc1. The van der Waals surface area contributed by atoms with Gasteiger partial charge in [-0.05, 0) is 62.9 Å². The summed E-state index contributed by atoms with van der Waals surface area (Å²) < 4.78 is 6.66. The van der Waals surface area contributed by atoms with E-state index in [2.05, 4.69) is 25.3 Å². The molecule has 0 saturated carbocycles. The molecule has 224 valence electrons. The fourth-order valence-electron chi connectivity index (χ4n) is 7.73. The first kappa shape index (κ1) is 29.8. The van der Waals surface area contributed by atoms with Gasteiger partial charge < -0.3 is 29.6 Å². The van der Waals surface area contributed by atoms with Gasteiger partial charge in [0.25, 0.3) is 5.91 Å². The van der Waals surface area contributed by atoms with Gasteiger partial charge in [-0.1, -0.05) is 43.3 Å². The minimum Gasteiger partial charge on any atom is -0.481 e. The number of aliphatic carboxylic acids is 1. The van der Waals surface area contributed by atoms with Gasteiger partial charge in [-0.15, -0.1) is 6.58 Å². The quantitative estimate of drug-likeness (QED) is 0.391. The lowest BCUT2D eigenvalue weighted by Crippen LogP contribution is -2.57. The van der Waals surface area contributed by atoms with Crippen LogP contribution in [0.15, 0.2) is 67.3 Å². The largest absolute Gasteiger partial charge is 0.481 e. The average Bonchev–Trinajstić information content (AvgIpc) is 3.50. The molecule has 3 heterocycles. The van der Waals surface area contributed by atoms with Crippen molar-refractivity contribution in [2.75, 3.05) is 36.0 Å². The summed E-state index contributed by atoms with van der Waals surface area (Å²) in [6, 6.07) is 14.7. The Balaban J connectivity index is 1.64. The van der Waals surface area contributed by atoms with Crippen molar-refractivity contribution < 1.29 is 29.3 Å². The lowest BCUT2D eigenvalue weighted by Gasteiger charge is -2.39. The van der Waals surface area contributed by atoms with E-state index in [4.69, 9.17) is 4.74 Å². The van der Waals surface area contributed by atoms with E-state index < -0.39 is 59.5 Å². The van der Waals surface area contributed by atoms with Crippen LogP contribution < -0.4 is 9.80 Å². The average molecular weight is 576 g/mol. The molecule has 9 nitrogen and oxygen atoms in total. The third-order valence-electron chi connectivity index (χ3n) is 9.81. The Hall–Kier alpha value is -3.69. The molecule has 7 atom stereocenters. The molecule has 2 N–H and O–H groups in total. The Morgan fingerprint density at radius 1 is 1.12 bits per heavy atom. The maximum Gasteiger partial charge on any atom is 0.310 e. The molecule has 0 radical (unpaired) electrons. The lowest BCUT2D eigenvalue weighted by atomic mass is 9.62. The van der Waals surface area contributed by atoms with Crippen LogP contribution in [0.1, 0.15) is 45.7 Å². The van der Waals surface area contributed by atoms with Crippen LogP contribution >= 0.6 is 0 Å². The van der Waals surface area contributed by atoms with Gasteiger partial charge in [0.1, 0.15) is 17.6 Å². The zero-order valence-electron chi connectivity index (χ0n) is 24.8. The summed E-state index contributed by atoms with van der Waals surface area (Å²) in [5.41, 5.74) is -0.146. The summed E-state index contributed by atoms with van der Waals surface area (Å²) >= 11 is 0. The number of carboxylic acid groups (broad SMARTS) is 1. The van der Waals surface area contributed by atoms with Crippen LogP contribution in [0.25, 0.3) is 0 Å². The summed E-state index contributed by atoms with van der Waals surface area (Å²) in [7, 11) is 0. The van der Waals surface area contributed by atoms with E-state index in [1.165, 1.54) is 4.90 Å². The van der Waals surface area contributed by atoms with E-state index in [-0.39, 0.29) is 12.5 Å². The molecule has 3 saturated heterocycles. The van der Waals surface area contributed by atoms with Crippen LogP contribution in [0.2, 0.25) is 0 Å². The van der Waals surface area contributed by atoms with Crippen molar-refractivity contribution in [3.8, 4) is 0 Å². The molecule has 0 aliphatic carbocycles. The number of nitrogens with zero attached hydrogens (tertiary/aromatic N) is 3. The predicted octanol–water partition coefficient (Wildman–Crippen LogP) is 3.88. The molecular weight excluding hydrogens is 534 g/mol. The fourth-order valence-corrected chi connectivity index (χ4v) is 7.73. The summed E-state index contributed by atoms with van der Waals surface area (Å²) in [6.07, 6.45) is 1.98. The summed E-state index contributed by atoms with van der Waals surface area (Å²) in [4.78, 5) is 47.2. The number of amides is 2. The molecule has 0 aromatic heterocycles. The van der Waals surface area contributed by atoms with Gasteiger partial charge in [-0.2, -0.15) is 0 Å². The topological polar surface area (TPSA) is 111 Å². The van der Waals surface area contributed by atoms with Gasteiger partial charge in [-0.3, -0.25) is 14.4 Å². The number of aliphatic hydroxyl groups is 1. The molecule has 2 aromatic rings. The van der Waals surface area contributed by atoms with Gasteiger partial charge in [0.2, 0.25) is 5.91 Å². The van der Waals surface area contributed by atoms with Crippen molar-refractivity contribution in [3.05, 3.63) is 72.8 Å². The molecule has 2 aromatic carbocycles. The summed E-state index contributed by atoms with van der Waals surface area (Å²) in [6.45, 7) is 13.1. The molecule has 3 unspecified atom stereocenters. The molecule has 3 aliphatic rings. The molecule has 3 aliphatic heterocycles. The number of ether oxygens (including phenoxy) is 1. The molecule has 2 amide bonds. The first-order chi connectivity index (χ1) is 20.1. The van der Waals surface area contributed by atoms with E-state index in [1.54, 1.807) is 42.2 Å². The van der Waals surface area contributed by atoms with Crippen LogP contribution in [-0.4, -0.2) is 76.4 Å². The smallest absolute Gasteiger partial charge is 0.310 e. The minimum atomic E-state index is -1.35. The highest BCUT2D eigenvalue weighted by atomic mass is 16.5. The maximum absolute atomic E-state index is 14.9. The van der Waals surface area contributed by atoms with Crippen LogP contribution in [0.3, 0.4) is 0 Å². The van der Waals surface area contributed by atoms with E-state index in [0.29, 0.717) is 17.7 Å². The Kier molecular flexibility index (Phi) is 7.94. The summed E-state index contributed by atoms with van der Waals surface area (Å²) in [5.74, 6) is -4.37. The minimum absolute atomic E-state index is 0.174. The maximum atomic E-state index is 14.9. The second-order valence-electron chi connectivity index (χ2n) is 11.8. The van der Waals surface area contributed by atoms with Gasteiger partial charge in [0.05, 0.1) is 24.2 Å². The van der Waals surface area contributed by atoms with Gasteiger partial charge in [0, 0.05) is 31.0 Å². The van der Waals surface area contributed by atoms with Crippen LogP contribution in [-0.2, 0) is 19.1 Å². The molecule has 3 fully saturated rings. The Morgan fingerprint density at radius 3 is 2.29 bits per heavy atom. The molecule has 1 spiro atoms. The zero-order valence-corrected chi connectivity index (χ0v) is 24.8. The molecule has 2 bridgehead atoms. The Labute approximate surface area is 247 Å². The van der Waals surface area contributed by atoms with Crippen molar-refractivity contribution in [1.29, 1.82) is 0 Å². The van der Waals surface area contributed by atoms with Gasteiger partial charge in [-0.25, -0.2) is 0 Å². The molecular formula is C33H41N3O6. The van der Waals surface area contributed by atoms with Crippen molar-refractivity contribution in [2.45, 2.75) is 57.4 Å². The monoisotopic (exact) mass is 575 g/mol. The number of hydrogen-bond donors (Lipinski definition) is 2. The first-order valence-electron chi connectivity index (χ1n) is 14.8. The van der Waals surface area contributed by atoms with Crippen LogP contribution in [0.5, 0.6) is 0 Å². The highest BCUT2D eigenvalue weighted by molar-refractivity contribution is 6.05. The van der Waals surface area contributed by atoms with Crippen molar-refractivity contribution in [3.63, 3.8) is 0 Å². The number of carboxylic acids is 1. The molecule has 9 heteroatoms. The lowest BCUT2D eigenvalue weighted by molar-refractivity contribution is -0.157. The third-order valence-corrected chi connectivity index (χ3v) is 9.81. The van der Waals surface area contributed by atoms with E-state index in [1.807, 2.05) is 37.3 Å². The van der Waals surface area contributed by atoms with Crippen molar-refractivity contribution in [1.82, 2.24) is 4.90 Å². The normalized spacial score (nSPS) is 30.2. The van der Waals surface area contributed by atoms with Gasteiger partial charge in [0.15, 0.2) is 0 Å². The number of fused-ring (bicyclic) bond motifs is 1. The fraction of sp³-hybridized carbons (Fsp3) is 0.485. The highest BCUT2D eigenvalue weighted by Crippen LogP contribution is 2.66. The second kappa shape index (κ2) is 11.2. The number of hydrogen-bond acceptors (Lipinski definition) is 6. The van der Waals surface area contributed by atoms with E-state index in [9.17, 15) is 24.6 Å². The molecule has 42 heavy (non-hydrogen) atoms. The highest BCUT2D eigenvalue weighted by Gasteiger charge is 2.80. The number of anilines is 2. The first-order valence-corrected chi connectivity index (χ1v) is 14.8. The van der Waals surface area contributed by atoms with E-state index >= 15 is 0 Å². The standard InChI is InChI=1S/C33H41N3O6/c1-6-18-35(24-16-14-23(15-17-24)34(7-2)8-3)30(39)28-33-19-21(4)32(5,42-33)27(31(40)41)26(33)29(38)36(28)25(20-37)22-12-10-9-11-13-22/h6,9-17,21,25-28,37H,1,7-8,18-20H2,2-5H3,(H,40,41)/t21?,25-,26+,27-,28?,32+,33?/m1/s1. The predicted molar refractivity (Wildman–Crippen MR) is 160 cm³/mol. The van der Waals surface area contributed by atoms with E-state index in [0.717, 1.165) is 18.8 Å². The van der Waals surface area contributed by atoms with Crippen molar-refractivity contribution in [2.24, 2.45) is 17.8 Å². The number of benzene rings is 2. The second-order valence-corrected chi connectivity index (χ2v) is 11.8.